The van der Waals surface area contributed by atoms with Gasteiger partial charge in [-0.2, -0.15) is 14.7 Å². The van der Waals surface area contributed by atoms with E-state index in [0.717, 1.165) is 5.39 Å². The molecule has 0 atom stereocenters. The van der Waals surface area contributed by atoms with Gasteiger partial charge in [-0.15, -0.1) is 0 Å². The molecule has 0 saturated carbocycles. The van der Waals surface area contributed by atoms with Crippen LogP contribution in [-0.4, -0.2) is 61.9 Å². The molecule has 12 heteroatoms. The third kappa shape index (κ3) is 4.17. The molecule has 1 aliphatic rings. The molecule has 0 spiro atoms. The molecule has 3 aromatic heterocycles. The Labute approximate surface area is 198 Å². The molecule has 0 amide bonds. The van der Waals surface area contributed by atoms with Gasteiger partial charge >= 0.3 is 5.97 Å². The number of hydrogen-bond acceptors (Lipinski definition) is 8. The van der Waals surface area contributed by atoms with Crippen LogP contribution in [0, 0.1) is 16.7 Å². The van der Waals surface area contributed by atoms with Gasteiger partial charge in [-0.25, -0.2) is 18.4 Å². The van der Waals surface area contributed by atoms with E-state index >= 15 is 0 Å². The first kappa shape index (κ1) is 23.8. The van der Waals surface area contributed by atoms with Crippen molar-refractivity contribution >= 4 is 27.0 Å². The number of sulfonamides is 1. The van der Waals surface area contributed by atoms with Crippen LogP contribution in [0.15, 0.2) is 31.0 Å². The largest absolute Gasteiger partial charge is 0.443 e. The minimum atomic E-state index is -3.33. The standard InChI is InChI=1S/C22H27N7O4S/c1-5-34(31,32)28-12-22(13-28,7-8-23)29-11-16(10-26-29)18-17-6-9-27(19(17)25-14-24-18)15-33-20(30)21(2,3)4/h6,9-11,14H,5,7,12-13,15H2,1-4H3. The van der Waals surface area contributed by atoms with Gasteiger partial charge in [0.15, 0.2) is 6.73 Å². The van der Waals surface area contributed by atoms with Crippen molar-refractivity contribution in [3.8, 4) is 17.3 Å². The van der Waals surface area contributed by atoms with E-state index in [4.69, 9.17) is 4.74 Å². The molecule has 0 aliphatic carbocycles. The number of nitrogens with zero attached hydrogens (tertiary/aromatic N) is 7. The highest BCUT2D eigenvalue weighted by atomic mass is 32.2. The maximum Gasteiger partial charge on any atom is 0.312 e. The highest BCUT2D eigenvalue weighted by Crippen LogP contribution is 2.36. The number of nitriles is 1. The maximum absolute atomic E-state index is 12.2. The van der Waals surface area contributed by atoms with Crippen molar-refractivity contribution in [2.75, 3.05) is 18.8 Å². The van der Waals surface area contributed by atoms with Crippen LogP contribution < -0.4 is 0 Å². The van der Waals surface area contributed by atoms with Crippen molar-refractivity contribution in [3.05, 3.63) is 31.0 Å². The van der Waals surface area contributed by atoms with E-state index in [1.807, 2.05) is 6.07 Å². The molecule has 0 aromatic carbocycles. The van der Waals surface area contributed by atoms with Crippen LogP contribution in [0.25, 0.3) is 22.3 Å². The number of carbonyl (C=O) groups excluding carboxylic acids is 1. The summed E-state index contributed by atoms with van der Waals surface area (Å²) in [4.78, 5) is 20.9. The first-order valence-electron chi connectivity index (χ1n) is 10.9. The molecule has 180 valence electrons. The zero-order valence-electron chi connectivity index (χ0n) is 19.6. The van der Waals surface area contributed by atoms with E-state index in [-0.39, 0.29) is 38.0 Å². The molecule has 0 radical (unpaired) electrons. The molecule has 0 N–H and O–H groups in total. The minimum Gasteiger partial charge on any atom is -0.443 e. The molecule has 1 saturated heterocycles. The molecule has 11 nitrogen and oxygen atoms in total. The number of fused-ring (bicyclic) bond motifs is 1. The summed E-state index contributed by atoms with van der Waals surface area (Å²) in [6.45, 7) is 7.40. The lowest BCUT2D eigenvalue weighted by Gasteiger charge is -2.47. The number of aromatic nitrogens is 5. The van der Waals surface area contributed by atoms with Gasteiger partial charge in [0, 0.05) is 36.4 Å². The van der Waals surface area contributed by atoms with E-state index in [2.05, 4.69) is 21.1 Å². The summed E-state index contributed by atoms with van der Waals surface area (Å²) in [5, 5.41) is 14.6. The summed E-state index contributed by atoms with van der Waals surface area (Å²) in [5.74, 6) is -0.298. The first-order chi connectivity index (χ1) is 16.0. The Morgan fingerprint density at radius 1 is 1.29 bits per heavy atom. The number of esters is 1. The molecular weight excluding hydrogens is 458 g/mol. The van der Waals surface area contributed by atoms with E-state index in [1.165, 1.54) is 10.6 Å². The number of carbonyl (C=O) groups is 1. The molecule has 4 heterocycles. The van der Waals surface area contributed by atoms with Gasteiger partial charge in [0.2, 0.25) is 10.0 Å². The van der Waals surface area contributed by atoms with Gasteiger partial charge in [-0.3, -0.25) is 14.0 Å². The zero-order valence-corrected chi connectivity index (χ0v) is 20.4. The second kappa shape index (κ2) is 8.48. The predicted molar refractivity (Wildman–Crippen MR) is 124 cm³/mol. The third-order valence-corrected chi connectivity index (χ3v) is 7.73. The summed E-state index contributed by atoms with van der Waals surface area (Å²) in [6, 6.07) is 4.01. The normalized spacial score (nSPS) is 16.2. The fraction of sp³-hybridized carbons (Fsp3) is 0.500. The topological polar surface area (TPSA) is 136 Å². The molecule has 1 fully saturated rings. The molecule has 34 heavy (non-hydrogen) atoms. The fourth-order valence-electron chi connectivity index (χ4n) is 3.86. The lowest BCUT2D eigenvalue weighted by molar-refractivity contribution is -0.156. The van der Waals surface area contributed by atoms with Crippen LogP contribution in [0.5, 0.6) is 0 Å². The Morgan fingerprint density at radius 3 is 2.68 bits per heavy atom. The van der Waals surface area contributed by atoms with Gasteiger partial charge in [0.25, 0.3) is 0 Å². The van der Waals surface area contributed by atoms with Crippen molar-refractivity contribution in [1.29, 1.82) is 5.26 Å². The van der Waals surface area contributed by atoms with Crippen LogP contribution in [-0.2, 0) is 31.8 Å². The minimum absolute atomic E-state index is 0.0148. The Balaban J connectivity index is 1.61. The average Bonchev–Trinajstić information content (AvgIpc) is 3.41. The Bertz CT molecular complexity index is 1370. The smallest absolute Gasteiger partial charge is 0.312 e. The average molecular weight is 486 g/mol. The quantitative estimate of drug-likeness (QED) is 0.464. The van der Waals surface area contributed by atoms with E-state index < -0.39 is 21.0 Å². The summed E-state index contributed by atoms with van der Waals surface area (Å²) >= 11 is 0. The molecule has 4 rings (SSSR count). The number of ether oxygens (including phenoxy) is 1. The van der Waals surface area contributed by atoms with Gasteiger partial charge in [-0.05, 0) is 33.8 Å². The second-order valence-corrected chi connectivity index (χ2v) is 11.7. The monoisotopic (exact) mass is 485 g/mol. The van der Waals surface area contributed by atoms with Crippen molar-refractivity contribution in [1.82, 2.24) is 28.6 Å². The summed E-state index contributed by atoms with van der Waals surface area (Å²) in [6.07, 6.45) is 6.78. The molecule has 1 aliphatic heterocycles. The highest BCUT2D eigenvalue weighted by molar-refractivity contribution is 7.89. The predicted octanol–water partition coefficient (Wildman–Crippen LogP) is 2.12. The maximum atomic E-state index is 12.2. The fourth-order valence-corrected chi connectivity index (χ4v) is 5.10. The van der Waals surface area contributed by atoms with Crippen molar-refractivity contribution in [2.24, 2.45) is 5.41 Å². The number of rotatable bonds is 7. The zero-order chi connectivity index (χ0) is 24.7. The Kier molecular flexibility index (Phi) is 5.95. The summed E-state index contributed by atoms with van der Waals surface area (Å²) in [5.41, 5.74) is 0.640. The van der Waals surface area contributed by atoms with E-state index in [1.54, 1.807) is 55.5 Å². The van der Waals surface area contributed by atoms with Crippen LogP contribution >= 0.6 is 0 Å². The van der Waals surface area contributed by atoms with Gasteiger partial charge in [0.1, 0.15) is 17.5 Å². The van der Waals surface area contributed by atoms with Crippen LogP contribution in [0.4, 0.5) is 0 Å². The summed E-state index contributed by atoms with van der Waals surface area (Å²) in [7, 11) is -3.33. The number of hydrogen-bond donors (Lipinski definition) is 0. The SMILES string of the molecule is CCS(=O)(=O)N1CC(CC#N)(n2cc(-c3ncnc4c3ccn4COC(=O)C(C)(C)C)cn2)C1. The van der Waals surface area contributed by atoms with E-state index in [9.17, 15) is 18.5 Å². The van der Waals surface area contributed by atoms with E-state index in [0.29, 0.717) is 16.9 Å². The van der Waals surface area contributed by atoms with Crippen molar-refractivity contribution in [2.45, 2.75) is 46.4 Å². The molecule has 3 aromatic rings. The lowest BCUT2D eigenvalue weighted by Crippen LogP contribution is -2.64. The third-order valence-electron chi connectivity index (χ3n) is 5.95. The Morgan fingerprint density at radius 2 is 2.03 bits per heavy atom. The van der Waals surface area contributed by atoms with Crippen molar-refractivity contribution in [3.63, 3.8) is 0 Å². The van der Waals surface area contributed by atoms with Gasteiger partial charge in [0.05, 0.1) is 35.5 Å². The summed E-state index contributed by atoms with van der Waals surface area (Å²) < 4.78 is 34.6. The molecule has 0 bridgehead atoms. The van der Waals surface area contributed by atoms with Crippen LogP contribution in [0.3, 0.4) is 0 Å². The van der Waals surface area contributed by atoms with Crippen LogP contribution in [0.1, 0.15) is 34.1 Å². The van der Waals surface area contributed by atoms with Gasteiger partial charge < -0.3 is 4.74 Å². The molecule has 0 unspecified atom stereocenters. The van der Waals surface area contributed by atoms with Crippen molar-refractivity contribution < 1.29 is 17.9 Å². The molecular formula is C22H27N7O4S. The van der Waals surface area contributed by atoms with Gasteiger partial charge in [-0.1, -0.05) is 0 Å². The highest BCUT2D eigenvalue weighted by Gasteiger charge is 2.49. The lowest BCUT2D eigenvalue weighted by atomic mass is 9.89. The first-order valence-corrected chi connectivity index (χ1v) is 12.5. The second-order valence-electron chi connectivity index (χ2n) is 9.46. The van der Waals surface area contributed by atoms with Crippen LogP contribution in [0.2, 0.25) is 0 Å². The Hall–Kier alpha value is -3.30.